The third kappa shape index (κ3) is 6.36. The molecule has 15 heteroatoms. The number of aromatic nitrogens is 2. The molecular formula is C33H30Cl2N6O6S. The molecule has 48 heavy (non-hydrogen) atoms. The van der Waals surface area contributed by atoms with Crippen molar-refractivity contribution >= 4 is 50.7 Å². The zero-order chi connectivity index (χ0) is 34.2. The number of benzene rings is 2. The number of rotatable bonds is 7. The summed E-state index contributed by atoms with van der Waals surface area (Å²) in [4.78, 5) is 46.5. The Morgan fingerprint density at radius 2 is 1.73 bits per heavy atom. The van der Waals surface area contributed by atoms with Gasteiger partial charge in [0.15, 0.2) is 11.4 Å². The zero-order valence-corrected chi connectivity index (χ0v) is 28.1. The van der Waals surface area contributed by atoms with Crippen molar-refractivity contribution < 1.29 is 22.7 Å². The number of carbonyl (C=O) groups is 2. The minimum Gasteiger partial charge on any atom is -0.485 e. The van der Waals surface area contributed by atoms with Gasteiger partial charge in [0.1, 0.15) is 17.5 Å². The largest absolute Gasteiger partial charge is 0.485 e. The van der Waals surface area contributed by atoms with E-state index in [2.05, 4.69) is 4.98 Å². The smallest absolute Gasteiger partial charge is 0.258 e. The van der Waals surface area contributed by atoms with Crippen molar-refractivity contribution in [2.75, 3.05) is 32.7 Å². The van der Waals surface area contributed by atoms with E-state index in [1.54, 1.807) is 59.3 Å². The minimum absolute atomic E-state index is 0.128. The van der Waals surface area contributed by atoms with Gasteiger partial charge in [-0.2, -0.15) is 9.57 Å². The van der Waals surface area contributed by atoms with E-state index in [9.17, 15) is 22.8 Å². The summed E-state index contributed by atoms with van der Waals surface area (Å²) in [5, 5.41) is 9.07. The molecule has 4 heterocycles. The van der Waals surface area contributed by atoms with Gasteiger partial charge in [0.2, 0.25) is 15.9 Å². The maximum absolute atomic E-state index is 14.1. The molecule has 2 aliphatic heterocycles. The van der Waals surface area contributed by atoms with Gasteiger partial charge in [0.05, 0.1) is 16.7 Å². The number of carbonyl (C=O) groups excluding carboxylic acids is 2. The number of amides is 2. The Morgan fingerprint density at radius 3 is 2.44 bits per heavy atom. The summed E-state index contributed by atoms with van der Waals surface area (Å²) in [6.07, 6.45) is 2.39. The molecule has 2 fully saturated rings. The minimum atomic E-state index is -4.24. The third-order valence-corrected chi connectivity index (χ3v) is 11.4. The Bertz CT molecular complexity index is 2130. The molecule has 2 aromatic heterocycles. The number of nitriles is 1. The lowest BCUT2D eigenvalue weighted by molar-refractivity contribution is -0.136. The summed E-state index contributed by atoms with van der Waals surface area (Å²) in [5.41, 5.74) is 1.65. The topological polar surface area (TPSA) is 145 Å². The van der Waals surface area contributed by atoms with Crippen molar-refractivity contribution in [3.8, 4) is 11.8 Å². The molecule has 0 radical (unpaired) electrons. The summed E-state index contributed by atoms with van der Waals surface area (Å²) in [7, 11) is -4.24. The third-order valence-electron chi connectivity index (χ3n) is 8.52. The first kappa shape index (κ1) is 33.4. The molecule has 2 aromatic carbocycles. The van der Waals surface area contributed by atoms with Crippen LogP contribution in [0.25, 0.3) is 5.65 Å². The number of nitrogens with zero attached hydrogens (tertiary/aromatic N) is 6. The van der Waals surface area contributed by atoms with Crippen LogP contribution in [0.15, 0.2) is 70.5 Å². The number of hydrogen-bond acceptors (Lipinski definition) is 8. The predicted molar refractivity (Wildman–Crippen MR) is 178 cm³/mol. The molecule has 2 saturated heterocycles. The van der Waals surface area contributed by atoms with Gasteiger partial charge < -0.3 is 14.5 Å². The monoisotopic (exact) mass is 708 g/mol. The van der Waals surface area contributed by atoms with Gasteiger partial charge in [-0.25, -0.2) is 13.4 Å². The van der Waals surface area contributed by atoms with Crippen LogP contribution in [0.5, 0.6) is 5.75 Å². The van der Waals surface area contributed by atoms with E-state index in [1.807, 2.05) is 6.07 Å². The highest BCUT2D eigenvalue weighted by Crippen LogP contribution is 2.36. The first-order valence-electron chi connectivity index (χ1n) is 15.2. The van der Waals surface area contributed by atoms with E-state index in [1.165, 1.54) is 26.9 Å². The van der Waals surface area contributed by atoms with Gasteiger partial charge in [0, 0.05) is 66.8 Å². The fourth-order valence-electron chi connectivity index (χ4n) is 6.00. The van der Waals surface area contributed by atoms with E-state index in [4.69, 9.17) is 33.2 Å². The second kappa shape index (κ2) is 13.6. The van der Waals surface area contributed by atoms with E-state index in [0.717, 1.165) is 0 Å². The van der Waals surface area contributed by atoms with E-state index < -0.39 is 16.1 Å². The summed E-state index contributed by atoms with van der Waals surface area (Å²) >= 11 is 13.2. The molecule has 1 atom stereocenters. The van der Waals surface area contributed by atoms with Crippen LogP contribution < -0.4 is 10.3 Å². The molecule has 0 N–H and O–H groups in total. The number of fused-ring (bicyclic) bond motifs is 1. The second-order valence-corrected chi connectivity index (χ2v) is 14.2. The lowest BCUT2D eigenvalue weighted by atomic mass is 10.1. The fraction of sp³-hybridized carbons (Fsp3) is 0.303. The molecule has 0 bridgehead atoms. The molecule has 0 saturated carbocycles. The summed E-state index contributed by atoms with van der Waals surface area (Å²) < 4.78 is 36.6. The Labute approximate surface area is 286 Å². The average molecular weight is 710 g/mol. The molecule has 2 aliphatic rings. The molecule has 6 rings (SSSR count). The molecule has 0 aliphatic carbocycles. The normalized spacial score (nSPS) is 17.0. The maximum atomic E-state index is 14.1. The number of aryl methyl sites for hydroxylation is 1. The van der Waals surface area contributed by atoms with Crippen LogP contribution >= 0.6 is 23.2 Å². The van der Waals surface area contributed by atoms with Gasteiger partial charge in [-0.1, -0.05) is 23.2 Å². The number of hydrogen-bond donors (Lipinski definition) is 0. The first-order valence-corrected chi connectivity index (χ1v) is 17.4. The number of ether oxygens (including phenoxy) is 1. The molecular weight excluding hydrogens is 679 g/mol. The van der Waals surface area contributed by atoms with Gasteiger partial charge in [-0.05, 0) is 68.3 Å². The number of sulfonamides is 1. The summed E-state index contributed by atoms with van der Waals surface area (Å²) in [6, 6.07) is 14.9. The van der Waals surface area contributed by atoms with Crippen molar-refractivity contribution in [3.63, 3.8) is 0 Å². The molecule has 12 nitrogen and oxygen atoms in total. The van der Waals surface area contributed by atoms with Crippen LogP contribution in [0.4, 0.5) is 0 Å². The highest BCUT2D eigenvalue weighted by atomic mass is 35.5. The molecule has 4 aromatic rings. The van der Waals surface area contributed by atoms with E-state index in [0.29, 0.717) is 29.7 Å². The van der Waals surface area contributed by atoms with Crippen LogP contribution in [0.2, 0.25) is 10.0 Å². The highest BCUT2D eigenvalue weighted by Gasteiger charge is 2.43. The second-order valence-electron chi connectivity index (χ2n) is 11.5. The van der Waals surface area contributed by atoms with Gasteiger partial charge >= 0.3 is 0 Å². The van der Waals surface area contributed by atoms with Gasteiger partial charge in [0.25, 0.3) is 11.5 Å². The van der Waals surface area contributed by atoms with Crippen LogP contribution in [0.3, 0.4) is 0 Å². The summed E-state index contributed by atoms with van der Waals surface area (Å²) in [6.45, 7) is 2.70. The quantitative estimate of drug-likeness (QED) is 0.281. The predicted octanol–water partition coefficient (Wildman–Crippen LogP) is 3.90. The maximum Gasteiger partial charge on any atom is 0.258 e. The Balaban J connectivity index is 1.17. The molecule has 2 amide bonds. The van der Waals surface area contributed by atoms with Crippen LogP contribution in [-0.4, -0.2) is 82.5 Å². The van der Waals surface area contributed by atoms with Crippen molar-refractivity contribution in [2.24, 2.45) is 0 Å². The van der Waals surface area contributed by atoms with Crippen molar-refractivity contribution in [2.45, 2.75) is 37.3 Å². The van der Waals surface area contributed by atoms with Crippen molar-refractivity contribution in [1.82, 2.24) is 23.5 Å². The van der Waals surface area contributed by atoms with Gasteiger partial charge in [-0.3, -0.25) is 18.8 Å². The Hall–Kier alpha value is -4.48. The van der Waals surface area contributed by atoms with Crippen LogP contribution in [0.1, 0.15) is 40.0 Å². The van der Waals surface area contributed by atoms with Crippen LogP contribution in [0, 0.1) is 18.3 Å². The number of piperazine rings is 1. The highest BCUT2D eigenvalue weighted by molar-refractivity contribution is 7.89. The fourth-order valence-corrected chi connectivity index (χ4v) is 8.51. The average Bonchev–Trinajstić information content (AvgIpc) is 3.59. The van der Waals surface area contributed by atoms with Gasteiger partial charge in [-0.15, -0.1) is 0 Å². The summed E-state index contributed by atoms with van der Waals surface area (Å²) in [5.74, 6) is -0.249. The Morgan fingerprint density at radius 1 is 1.02 bits per heavy atom. The zero-order valence-electron chi connectivity index (χ0n) is 25.8. The first-order chi connectivity index (χ1) is 23.0. The van der Waals surface area contributed by atoms with Crippen LogP contribution in [-0.2, 0) is 21.4 Å². The lowest BCUT2D eigenvalue weighted by Gasteiger charge is -2.37. The van der Waals surface area contributed by atoms with E-state index >= 15 is 0 Å². The lowest BCUT2D eigenvalue weighted by Crippen LogP contribution is -2.55. The SMILES string of the molecule is Cc1cc(=O)n2cccc(OCc3c(Cl)ccc(S(=O)(=O)N4CCC[C@H]4C(=O)N4CCN(C(=O)c5ccc(C#N)cc5)CC4)c3Cl)c2n1. The number of halogens is 2. The van der Waals surface area contributed by atoms with Crippen molar-refractivity contribution in [1.29, 1.82) is 5.26 Å². The molecule has 0 unspecified atom stereocenters. The molecule has 248 valence electrons. The van der Waals surface area contributed by atoms with Crippen molar-refractivity contribution in [3.05, 3.63) is 104 Å². The van der Waals surface area contributed by atoms with E-state index in [-0.39, 0.29) is 88.6 Å². The Kier molecular flexibility index (Phi) is 9.44. The standard InChI is InChI=1S/C33H30Cl2N6O6S/c1-21-18-29(42)40-12-3-5-27(31(40)37-21)47-20-24-25(34)10-11-28(30(24)35)48(45,46)41-13-2-4-26(41)33(44)39-16-14-38(15-17-39)32(43)23-8-6-22(19-36)7-9-23/h3,5-12,18,26H,2,4,13-17,20H2,1H3/t26-/m0/s1. The molecule has 0 spiro atoms. The number of pyridine rings is 1.